The minimum atomic E-state index is -0.378. The summed E-state index contributed by atoms with van der Waals surface area (Å²) in [6.07, 6.45) is 4.23. The summed E-state index contributed by atoms with van der Waals surface area (Å²) in [7, 11) is 0. The van der Waals surface area contributed by atoms with Gasteiger partial charge in [0, 0.05) is 3.57 Å². The van der Waals surface area contributed by atoms with Crippen LogP contribution in [0.2, 0.25) is 0 Å². The zero-order valence-corrected chi connectivity index (χ0v) is 12.6. The summed E-state index contributed by atoms with van der Waals surface area (Å²) >= 11 is 2.26. The van der Waals surface area contributed by atoms with Crippen molar-refractivity contribution in [3.63, 3.8) is 0 Å². The lowest BCUT2D eigenvalue weighted by Crippen LogP contribution is -2.54. The first-order chi connectivity index (χ1) is 8.59. The van der Waals surface area contributed by atoms with Gasteiger partial charge in [-0.15, -0.1) is 0 Å². The van der Waals surface area contributed by atoms with E-state index < -0.39 is 0 Å². The molecule has 0 bridgehead atoms. The summed E-state index contributed by atoms with van der Waals surface area (Å²) in [5, 5.41) is 6.58. The number of carbonyl (C=O) groups is 1. The zero-order chi connectivity index (χ0) is 12.8. The van der Waals surface area contributed by atoms with Crippen LogP contribution in [0.5, 0.6) is 0 Å². The van der Waals surface area contributed by atoms with Gasteiger partial charge in [0.15, 0.2) is 0 Å². The van der Waals surface area contributed by atoms with Gasteiger partial charge in [-0.25, -0.2) is 0 Å². The van der Waals surface area contributed by atoms with Crippen LogP contribution in [0.1, 0.15) is 32.6 Å². The van der Waals surface area contributed by atoms with Gasteiger partial charge in [0.2, 0.25) is 5.91 Å². The Labute approximate surface area is 121 Å². The number of hydrogen-bond donors (Lipinski definition) is 2. The molecule has 1 heterocycles. The molecule has 2 N–H and O–H groups in total. The quantitative estimate of drug-likeness (QED) is 0.698. The van der Waals surface area contributed by atoms with Crippen LogP contribution in [0.4, 0.5) is 11.4 Å². The van der Waals surface area contributed by atoms with E-state index in [1.54, 1.807) is 0 Å². The highest BCUT2D eigenvalue weighted by molar-refractivity contribution is 14.1. The fourth-order valence-corrected chi connectivity index (χ4v) is 3.65. The van der Waals surface area contributed by atoms with Gasteiger partial charge in [-0.05, 0) is 59.5 Å². The molecule has 2 aliphatic rings. The summed E-state index contributed by atoms with van der Waals surface area (Å²) in [5.74, 6) is 0.756. The van der Waals surface area contributed by atoms with Crippen molar-refractivity contribution in [3.8, 4) is 0 Å². The summed E-state index contributed by atoms with van der Waals surface area (Å²) in [4.78, 5) is 12.4. The highest BCUT2D eigenvalue weighted by Crippen LogP contribution is 2.41. The van der Waals surface area contributed by atoms with Gasteiger partial charge in [0.1, 0.15) is 5.54 Å². The fraction of sp³-hybridized carbons (Fsp3) is 0.500. The van der Waals surface area contributed by atoms with Crippen LogP contribution in [0.15, 0.2) is 18.2 Å². The van der Waals surface area contributed by atoms with E-state index in [-0.39, 0.29) is 11.4 Å². The van der Waals surface area contributed by atoms with E-state index >= 15 is 0 Å². The second-order valence-electron chi connectivity index (χ2n) is 5.55. The summed E-state index contributed by atoms with van der Waals surface area (Å²) < 4.78 is 1.14. The molecule has 1 aromatic carbocycles. The summed E-state index contributed by atoms with van der Waals surface area (Å²) in [6, 6.07) is 6.15. The molecular weight excluding hydrogens is 339 g/mol. The number of benzene rings is 1. The average Bonchev–Trinajstić information content (AvgIpc) is 2.31. The Morgan fingerprint density at radius 3 is 3.00 bits per heavy atom. The van der Waals surface area contributed by atoms with Gasteiger partial charge in [-0.1, -0.05) is 19.8 Å². The van der Waals surface area contributed by atoms with E-state index in [1.165, 1.54) is 6.42 Å². The second-order valence-corrected chi connectivity index (χ2v) is 6.80. The van der Waals surface area contributed by atoms with E-state index in [4.69, 9.17) is 0 Å². The maximum absolute atomic E-state index is 12.4. The van der Waals surface area contributed by atoms with Crippen LogP contribution in [0.25, 0.3) is 0 Å². The third-order valence-electron chi connectivity index (χ3n) is 4.04. The smallest absolute Gasteiger partial charge is 0.250 e. The van der Waals surface area contributed by atoms with Crippen molar-refractivity contribution in [3.05, 3.63) is 21.8 Å². The molecule has 1 spiro atoms. The minimum absolute atomic E-state index is 0.142. The lowest BCUT2D eigenvalue weighted by atomic mass is 9.75. The maximum Gasteiger partial charge on any atom is 0.250 e. The molecule has 18 heavy (non-hydrogen) atoms. The Kier molecular flexibility index (Phi) is 3.00. The van der Waals surface area contributed by atoms with Crippen LogP contribution in [-0.2, 0) is 4.79 Å². The number of fused-ring (bicyclic) bond motifs is 1. The standard InChI is InChI=1S/C14H17IN2O/c1-9-3-2-6-14(8-9)13(18)16-12-7-10(15)4-5-11(12)17-14/h4-5,7,9,17H,2-3,6,8H2,1H3,(H,16,18). The Morgan fingerprint density at radius 1 is 1.39 bits per heavy atom. The number of halogens is 1. The Bertz CT molecular complexity index is 503. The lowest BCUT2D eigenvalue weighted by molar-refractivity contribution is -0.122. The molecule has 1 aliphatic heterocycles. The lowest BCUT2D eigenvalue weighted by Gasteiger charge is -2.43. The zero-order valence-electron chi connectivity index (χ0n) is 10.4. The first kappa shape index (κ1) is 12.3. The van der Waals surface area contributed by atoms with E-state index in [9.17, 15) is 4.79 Å². The van der Waals surface area contributed by atoms with Crippen LogP contribution in [-0.4, -0.2) is 11.4 Å². The first-order valence-corrected chi connectivity index (χ1v) is 7.56. The molecule has 3 nitrogen and oxygen atoms in total. The number of carbonyl (C=O) groups excluding carboxylic acids is 1. The van der Waals surface area contributed by atoms with Gasteiger partial charge in [-0.2, -0.15) is 0 Å². The van der Waals surface area contributed by atoms with Crippen LogP contribution in [0, 0.1) is 9.49 Å². The van der Waals surface area contributed by atoms with Crippen molar-refractivity contribution in [2.75, 3.05) is 10.6 Å². The van der Waals surface area contributed by atoms with Crippen molar-refractivity contribution in [1.82, 2.24) is 0 Å². The molecule has 2 atom stereocenters. The van der Waals surface area contributed by atoms with E-state index in [0.29, 0.717) is 5.92 Å². The molecule has 96 valence electrons. The normalized spacial score (nSPS) is 30.6. The largest absolute Gasteiger partial charge is 0.370 e. The fourth-order valence-electron chi connectivity index (χ4n) is 3.16. The van der Waals surface area contributed by atoms with Crippen molar-refractivity contribution < 1.29 is 4.79 Å². The highest BCUT2D eigenvalue weighted by atomic mass is 127. The number of rotatable bonds is 0. The Hall–Kier alpha value is -0.780. The van der Waals surface area contributed by atoms with Gasteiger partial charge in [0.25, 0.3) is 0 Å². The number of anilines is 2. The van der Waals surface area contributed by atoms with Crippen LogP contribution in [0.3, 0.4) is 0 Å². The van der Waals surface area contributed by atoms with Gasteiger partial charge < -0.3 is 10.6 Å². The molecule has 4 heteroatoms. The predicted molar refractivity (Wildman–Crippen MR) is 81.8 cm³/mol. The topological polar surface area (TPSA) is 41.1 Å². The van der Waals surface area contributed by atoms with E-state index in [2.05, 4.69) is 52.3 Å². The molecule has 1 fully saturated rings. The number of amides is 1. The van der Waals surface area contributed by atoms with Gasteiger partial charge in [0.05, 0.1) is 11.4 Å². The molecular formula is C14H17IN2O. The SMILES string of the molecule is CC1CCCC2(C1)Nc1ccc(I)cc1NC2=O. The van der Waals surface area contributed by atoms with E-state index in [1.807, 2.05) is 6.07 Å². The predicted octanol–water partition coefficient (Wildman–Crippen LogP) is 3.60. The molecule has 0 saturated heterocycles. The maximum atomic E-state index is 12.4. The molecule has 0 radical (unpaired) electrons. The number of hydrogen-bond acceptors (Lipinski definition) is 2. The minimum Gasteiger partial charge on any atom is -0.370 e. The molecule has 0 aromatic heterocycles. The van der Waals surface area contributed by atoms with E-state index in [0.717, 1.165) is 34.2 Å². The average molecular weight is 356 g/mol. The summed E-state index contributed by atoms with van der Waals surface area (Å²) in [6.45, 7) is 2.24. The van der Waals surface area contributed by atoms with Crippen molar-refractivity contribution in [2.24, 2.45) is 5.92 Å². The molecule has 1 aromatic rings. The first-order valence-electron chi connectivity index (χ1n) is 6.48. The summed E-state index contributed by atoms with van der Waals surface area (Å²) in [5.41, 5.74) is 1.59. The number of nitrogens with one attached hydrogen (secondary N) is 2. The third-order valence-corrected chi connectivity index (χ3v) is 4.71. The molecule has 3 rings (SSSR count). The monoisotopic (exact) mass is 356 g/mol. The van der Waals surface area contributed by atoms with Crippen molar-refractivity contribution in [2.45, 2.75) is 38.1 Å². The third kappa shape index (κ3) is 2.00. The van der Waals surface area contributed by atoms with Crippen molar-refractivity contribution in [1.29, 1.82) is 0 Å². The molecule has 2 unspecified atom stereocenters. The molecule has 1 saturated carbocycles. The van der Waals surface area contributed by atoms with Gasteiger partial charge >= 0.3 is 0 Å². The Morgan fingerprint density at radius 2 is 2.22 bits per heavy atom. The molecule has 1 aliphatic carbocycles. The second kappa shape index (κ2) is 4.40. The van der Waals surface area contributed by atoms with Gasteiger partial charge in [-0.3, -0.25) is 4.79 Å². The Balaban J connectivity index is 1.96. The highest BCUT2D eigenvalue weighted by Gasteiger charge is 2.44. The van der Waals surface area contributed by atoms with Crippen molar-refractivity contribution >= 4 is 39.9 Å². The van der Waals surface area contributed by atoms with Crippen LogP contribution < -0.4 is 10.6 Å². The van der Waals surface area contributed by atoms with Crippen LogP contribution >= 0.6 is 22.6 Å². The molecule has 1 amide bonds.